The van der Waals surface area contributed by atoms with Crippen molar-refractivity contribution in [2.75, 3.05) is 12.4 Å². The highest BCUT2D eigenvalue weighted by molar-refractivity contribution is 5.97. The summed E-state index contributed by atoms with van der Waals surface area (Å²) < 4.78 is 26.0. The zero-order chi connectivity index (χ0) is 24.2. The first-order chi connectivity index (χ1) is 16.4. The molecule has 0 unspecified atom stereocenters. The molecule has 0 aliphatic heterocycles. The molecule has 1 heterocycles. The van der Waals surface area contributed by atoms with E-state index in [1.807, 2.05) is 0 Å². The average Bonchev–Trinajstić information content (AvgIpc) is 3.62. The summed E-state index contributed by atoms with van der Waals surface area (Å²) in [4.78, 5) is 28.0. The lowest BCUT2D eigenvalue weighted by Gasteiger charge is -2.15. The zero-order valence-corrected chi connectivity index (χ0v) is 18.4. The molecule has 9 nitrogen and oxygen atoms in total. The molecular weight excluding hydrogens is 441 g/mol. The number of primary amides is 1. The second-order valence-electron chi connectivity index (χ2n) is 7.83. The molecule has 0 spiro atoms. The Kier molecular flexibility index (Phi) is 6.45. The first-order valence-corrected chi connectivity index (χ1v) is 10.6. The number of nitrogens with two attached hydrogens (primary N) is 1. The van der Waals surface area contributed by atoms with Gasteiger partial charge in [0.15, 0.2) is 11.6 Å². The summed E-state index contributed by atoms with van der Waals surface area (Å²) in [5, 5.41) is 14.8. The highest BCUT2D eigenvalue weighted by Crippen LogP contribution is 2.36. The number of nitrogens with zero attached hydrogens (tertiary/aromatic N) is 2. The fourth-order valence-electron chi connectivity index (χ4n) is 3.41. The van der Waals surface area contributed by atoms with Gasteiger partial charge in [0.25, 0.3) is 5.91 Å². The molecule has 4 N–H and O–H groups in total. The van der Waals surface area contributed by atoms with Crippen molar-refractivity contribution in [3.05, 3.63) is 53.5 Å². The summed E-state index contributed by atoms with van der Waals surface area (Å²) in [6, 6.07) is 10.6. The number of aryl methyl sites for hydroxylation is 1. The molecule has 4 rings (SSSR count). The van der Waals surface area contributed by atoms with Gasteiger partial charge in [-0.15, -0.1) is 0 Å². The van der Waals surface area contributed by atoms with Crippen molar-refractivity contribution < 1.29 is 23.5 Å². The predicted octanol–water partition coefficient (Wildman–Crippen LogP) is 4.01. The molecule has 10 heteroatoms. The van der Waals surface area contributed by atoms with E-state index >= 15 is 0 Å². The minimum absolute atomic E-state index is 0.0650. The SMILES string of the molecule is COc1cc2nc(C(N)=O)cc(Oc3ccc(NC(=O)NC4CC4)cc3F)c2cc1CCC#N. The number of hydrogen-bond donors (Lipinski definition) is 3. The van der Waals surface area contributed by atoms with Gasteiger partial charge in [-0.2, -0.15) is 5.26 Å². The lowest BCUT2D eigenvalue weighted by Crippen LogP contribution is -2.30. The molecule has 3 aromatic rings. The Labute approximate surface area is 194 Å². The number of anilines is 1. The molecule has 1 aromatic heterocycles. The van der Waals surface area contributed by atoms with Crippen LogP contribution < -0.4 is 25.8 Å². The number of pyridine rings is 1. The van der Waals surface area contributed by atoms with E-state index in [1.165, 1.54) is 25.3 Å². The van der Waals surface area contributed by atoms with Crippen LogP contribution in [0.3, 0.4) is 0 Å². The Morgan fingerprint density at radius 2 is 2.00 bits per heavy atom. The number of hydrogen-bond acceptors (Lipinski definition) is 6. The second-order valence-corrected chi connectivity index (χ2v) is 7.83. The maximum Gasteiger partial charge on any atom is 0.319 e. The van der Waals surface area contributed by atoms with Gasteiger partial charge < -0.3 is 25.8 Å². The van der Waals surface area contributed by atoms with Crippen molar-refractivity contribution in [1.29, 1.82) is 5.26 Å². The lowest BCUT2D eigenvalue weighted by atomic mass is 10.0. The van der Waals surface area contributed by atoms with E-state index in [2.05, 4.69) is 21.7 Å². The molecular formula is C24H22FN5O4. The Balaban J connectivity index is 1.68. The van der Waals surface area contributed by atoms with Crippen LogP contribution in [0.1, 0.15) is 35.3 Å². The summed E-state index contributed by atoms with van der Waals surface area (Å²) in [7, 11) is 1.49. The van der Waals surface area contributed by atoms with Gasteiger partial charge in [-0.3, -0.25) is 4.79 Å². The number of nitrogens with one attached hydrogen (secondary N) is 2. The molecule has 174 valence electrons. The van der Waals surface area contributed by atoms with Gasteiger partial charge in [0.05, 0.1) is 18.7 Å². The Morgan fingerprint density at radius 1 is 1.21 bits per heavy atom. The van der Waals surface area contributed by atoms with Gasteiger partial charge in [-0.1, -0.05) is 0 Å². The summed E-state index contributed by atoms with van der Waals surface area (Å²) >= 11 is 0. The number of carbonyl (C=O) groups excluding carboxylic acids is 2. The standard InChI is InChI=1S/C24H22FN5O4/c1-33-21-11-18-16(9-13(21)3-2-8-26)22(12-19(30-18)23(27)31)34-20-7-6-15(10-17(20)25)29-24(32)28-14-4-5-14/h6-7,9-12,14H,2-5H2,1H3,(H2,27,31)(H2,28,29,32). The summed E-state index contributed by atoms with van der Waals surface area (Å²) in [5.74, 6) is -0.959. The quantitative estimate of drug-likeness (QED) is 0.461. The highest BCUT2D eigenvalue weighted by atomic mass is 19.1. The van der Waals surface area contributed by atoms with Crippen molar-refractivity contribution in [2.45, 2.75) is 31.7 Å². The number of rotatable bonds is 8. The number of halogens is 1. The van der Waals surface area contributed by atoms with Crippen LogP contribution in [-0.2, 0) is 6.42 Å². The predicted molar refractivity (Wildman–Crippen MR) is 122 cm³/mol. The third kappa shape index (κ3) is 5.15. The van der Waals surface area contributed by atoms with Crippen molar-refractivity contribution >= 4 is 28.5 Å². The maximum atomic E-state index is 14.8. The number of aromatic nitrogens is 1. The minimum Gasteiger partial charge on any atom is -0.496 e. The van der Waals surface area contributed by atoms with Gasteiger partial charge in [0, 0.05) is 41.7 Å². The normalized spacial score (nSPS) is 12.6. The number of nitriles is 1. The van der Waals surface area contributed by atoms with Crippen molar-refractivity contribution in [3.63, 3.8) is 0 Å². The largest absolute Gasteiger partial charge is 0.496 e. The van der Waals surface area contributed by atoms with E-state index in [4.69, 9.17) is 20.5 Å². The van der Waals surface area contributed by atoms with E-state index in [0.29, 0.717) is 23.1 Å². The van der Waals surface area contributed by atoms with E-state index in [-0.39, 0.29) is 35.3 Å². The fraction of sp³-hybridized carbons (Fsp3) is 0.250. The van der Waals surface area contributed by atoms with Crippen LogP contribution in [0.2, 0.25) is 0 Å². The highest BCUT2D eigenvalue weighted by Gasteiger charge is 2.23. The molecule has 1 aliphatic carbocycles. The lowest BCUT2D eigenvalue weighted by molar-refractivity contribution is 0.0995. The summed E-state index contributed by atoms with van der Waals surface area (Å²) in [6.45, 7) is 0. The molecule has 2 aromatic carbocycles. The van der Waals surface area contributed by atoms with Crippen LogP contribution in [0.4, 0.5) is 14.9 Å². The average molecular weight is 463 g/mol. The van der Waals surface area contributed by atoms with Gasteiger partial charge in [0.1, 0.15) is 17.2 Å². The number of fused-ring (bicyclic) bond motifs is 1. The molecule has 0 radical (unpaired) electrons. The topological polar surface area (TPSA) is 139 Å². The molecule has 34 heavy (non-hydrogen) atoms. The number of carbonyl (C=O) groups is 2. The van der Waals surface area contributed by atoms with Crippen LogP contribution in [0.15, 0.2) is 36.4 Å². The molecule has 1 aliphatic rings. The maximum absolute atomic E-state index is 14.8. The van der Waals surface area contributed by atoms with Gasteiger partial charge in [-0.05, 0) is 43.0 Å². The number of amides is 3. The van der Waals surface area contributed by atoms with Crippen molar-refractivity contribution in [2.24, 2.45) is 5.73 Å². The molecule has 1 fully saturated rings. The number of ether oxygens (including phenoxy) is 2. The Hall–Kier alpha value is -4.39. The Bertz CT molecular complexity index is 1320. The molecule has 0 bridgehead atoms. The van der Waals surface area contributed by atoms with Gasteiger partial charge in [-0.25, -0.2) is 14.2 Å². The fourth-order valence-corrected chi connectivity index (χ4v) is 3.41. The molecule has 0 saturated heterocycles. The van der Waals surface area contributed by atoms with E-state index in [1.54, 1.807) is 12.1 Å². The minimum atomic E-state index is -0.777. The second kappa shape index (κ2) is 9.62. The van der Waals surface area contributed by atoms with Crippen LogP contribution >= 0.6 is 0 Å². The molecule has 0 atom stereocenters. The third-order valence-corrected chi connectivity index (χ3v) is 5.25. The monoisotopic (exact) mass is 463 g/mol. The van der Waals surface area contributed by atoms with Crippen molar-refractivity contribution in [1.82, 2.24) is 10.3 Å². The third-order valence-electron chi connectivity index (χ3n) is 5.25. The van der Waals surface area contributed by atoms with Crippen molar-refractivity contribution in [3.8, 4) is 23.3 Å². The van der Waals surface area contributed by atoms with E-state index in [9.17, 15) is 14.0 Å². The van der Waals surface area contributed by atoms with Crippen LogP contribution in [0.5, 0.6) is 17.2 Å². The smallest absolute Gasteiger partial charge is 0.319 e. The molecule has 3 amide bonds. The first-order valence-electron chi connectivity index (χ1n) is 10.6. The summed E-state index contributed by atoms with van der Waals surface area (Å²) in [5.41, 5.74) is 6.72. The number of methoxy groups -OCH3 is 1. The Morgan fingerprint density at radius 3 is 2.65 bits per heavy atom. The molecule has 1 saturated carbocycles. The first kappa shape index (κ1) is 22.8. The van der Waals surface area contributed by atoms with Crippen LogP contribution in [-0.4, -0.2) is 30.1 Å². The zero-order valence-electron chi connectivity index (χ0n) is 18.4. The van der Waals surface area contributed by atoms with Gasteiger partial charge >= 0.3 is 6.03 Å². The van der Waals surface area contributed by atoms with Crippen LogP contribution in [0, 0.1) is 17.1 Å². The van der Waals surface area contributed by atoms with E-state index in [0.717, 1.165) is 24.5 Å². The number of urea groups is 1. The van der Waals surface area contributed by atoms with E-state index < -0.39 is 17.8 Å². The van der Waals surface area contributed by atoms with Gasteiger partial charge in [0.2, 0.25) is 0 Å². The number of benzene rings is 2. The van der Waals surface area contributed by atoms with Crippen LogP contribution in [0.25, 0.3) is 10.9 Å². The summed E-state index contributed by atoms with van der Waals surface area (Å²) in [6.07, 6.45) is 2.56.